The number of halogens is 1. The molecule has 0 aliphatic carbocycles. The van der Waals surface area contributed by atoms with E-state index in [9.17, 15) is 8.42 Å². The van der Waals surface area contributed by atoms with Gasteiger partial charge in [0.15, 0.2) is 9.84 Å². The average molecular weight is 263 g/mol. The van der Waals surface area contributed by atoms with E-state index in [4.69, 9.17) is 16.3 Å². The Labute approximate surface area is 98.7 Å². The lowest BCUT2D eigenvalue weighted by atomic mass is 10.1. The maximum atomic E-state index is 11.3. The second-order valence-corrected chi connectivity index (χ2v) is 6.36. The predicted molar refractivity (Wildman–Crippen MR) is 59.6 cm³/mol. The van der Waals surface area contributed by atoms with Gasteiger partial charge in [-0.2, -0.15) is 5.10 Å². The Hall–Kier alpha value is -0.880. The summed E-state index contributed by atoms with van der Waals surface area (Å²) in [5.41, 5.74) is 0.617. The van der Waals surface area contributed by atoms with Crippen LogP contribution in [0, 0.1) is 0 Å². The molecule has 2 rings (SSSR count). The van der Waals surface area contributed by atoms with Crippen LogP contribution in [0.4, 0.5) is 0 Å². The summed E-state index contributed by atoms with van der Waals surface area (Å²) < 4.78 is 27.5. The van der Waals surface area contributed by atoms with E-state index in [1.807, 2.05) is 0 Å². The topological polar surface area (TPSA) is 69.2 Å². The molecule has 2 heterocycles. The Balaban J connectivity index is 2.26. The second kappa shape index (κ2) is 4.18. The summed E-state index contributed by atoms with van der Waals surface area (Å²) in [5.74, 6) is 0.500. The first kappa shape index (κ1) is 11.6. The molecule has 7 heteroatoms. The van der Waals surface area contributed by atoms with Crippen LogP contribution in [-0.2, 0) is 9.84 Å². The Kier molecular flexibility index (Phi) is 3.03. The lowest BCUT2D eigenvalue weighted by Crippen LogP contribution is -2.06. The van der Waals surface area contributed by atoms with Gasteiger partial charge in [0.05, 0.1) is 24.3 Å². The number of sulfone groups is 1. The van der Waals surface area contributed by atoms with E-state index in [1.54, 1.807) is 6.07 Å². The molecule has 1 aromatic heterocycles. The average Bonchev–Trinajstić information content (AvgIpc) is 2.59. The molecule has 1 aromatic rings. The minimum atomic E-state index is -2.91. The van der Waals surface area contributed by atoms with Gasteiger partial charge in [-0.15, -0.1) is 5.10 Å². The fourth-order valence-corrected chi connectivity index (χ4v) is 3.72. The molecule has 1 aliphatic heterocycles. The molecule has 1 unspecified atom stereocenters. The van der Waals surface area contributed by atoms with Gasteiger partial charge in [-0.3, -0.25) is 0 Å². The fraction of sp³-hybridized carbons (Fsp3) is 0.556. The van der Waals surface area contributed by atoms with Crippen molar-refractivity contribution in [1.82, 2.24) is 10.2 Å². The quantitative estimate of drug-likeness (QED) is 0.797. The Morgan fingerprint density at radius 2 is 2.25 bits per heavy atom. The summed E-state index contributed by atoms with van der Waals surface area (Å²) in [4.78, 5) is 0. The number of ether oxygens (including phenoxy) is 1. The standard InChI is InChI=1S/C9H11ClN2O3S/c1-15-9-7(10)4-8(11-12-9)6-2-3-16(13,14)5-6/h4,6H,2-3,5H2,1H3. The van der Waals surface area contributed by atoms with Crippen molar-refractivity contribution in [2.45, 2.75) is 12.3 Å². The number of nitrogens with zero attached hydrogens (tertiary/aromatic N) is 2. The molecule has 0 radical (unpaired) electrons. The minimum Gasteiger partial charge on any atom is -0.479 e. The van der Waals surface area contributed by atoms with Crippen LogP contribution in [0.15, 0.2) is 6.07 Å². The molecule has 16 heavy (non-hydrogen) atoms. The molecule has 1 fully saturated rings. The van der Waals surface area contributed by atoms with Crippen molar-refractivity contribution in [3.8, 4) is 5.88 Å². The van der Waals surface area contributed by atoms with Gasteiger partial charge in [0.2, 0.25) is 0 Å². The van der Waals surface area contributed by atoms with Gasteiger partial charge >= 0.3 is 0 Å². The highest BCUT2D eigenvalue weighted by Gasteiger charge is 2.30. The van der Waals surface area contributed by atoms with Gasteiger partial charge in [-0.05, 0) is 12.5 Å². The first-order chi connectivity index (χ1) is 7.52. The van der Waals surface area contributed by atoms with E-state index in [-0.39, 0.29) is 23.3 Å². The van der Waals surface area contributed by atoms with E-state index in [0.717, 1.165) is 0 Å². The molecule has 0 spiro atoms. The molecule has 5 nitrogen and oxygen atoms in total. The predicted octanol–water partition coefficient (Wildman–Crippen LogP) is 1.04. The van der Waals surface area contributed by atoms with E-state index < -0.39 is 9.84 Å². The van der Waals surface area contributed by atoms with E-state index in [2.05, 4.69) is 10.2 Å². The van der Waals surface area contributed by atoms with Crippen LogP contribution in [-0.4, -0.2) is 37.2 Å². The summed E-state index contributed by atoms with van der Waals surface area (Å²) >= 11 is 5.90. The molecule has 0 aromatic carbocycles. The molecule has 1 saturated heterocycles. The first-order valence-electron chi connectivity index (χ1n) is 4.79. The Morgan fingerprint density at radius 1 is 1.50 bits per heavy atom. The number of hydrogen-bond donors (Lipinski definition) is 0. The zero-order valence-electron chi connectivity index (χ0n) is 8.68. The van der Waals surface area contributed by atoms with Crippen molar-refractivity contribution in [3.05, 3.63) is 16.8 Å². The van der Waals surface area contributed by atoms with Gasteiger partial charge in [0.25, 0.3) is 5.88 Å². The molecule has 0 saturated carbocycles. The minimum absolute atomic E-state index is 0.0964. The SMILES string of the molecule is COc1nnc(C2CCS(=O)(=O)C2)cc1Cl. The molecule has 1 atom stereocenters. The van der Waals surface area contributed by atoms with E-state index in [1.165, 1.54) is 7.11 Å². The van der Waals surface area contributed by atoms with Crippen LogP contribution in [0.2, 0.25) is 5.02 Å². The van der Waals surface area contributed by atoms with Crippen molar-refractivity contribution in [2.24, 2.45) is 0 Å². The molecule has 0 amide bonds. The number of aromatic nitrogens is 2. The third-order valence-electron chi connectivity index (χ3n) is 2.58. The van der Waals surface area contributed by atoms with Crippen molar-refractivity contribution in [2.75, 3.05) is 18.6 Å². The normalized spacial score (nSPS) is 23.2. The van der Waals surface area contributed by atoms with Crippen LogP contribution in [0.1, 0.15) is 18.0 Å². The highest BCUT2D eigenvalue weighted by molar-refractivity contribution is 7.91. The molecule has 0 N–H and O–H groups in total. The second-order valence-electron chi connectivity index (χ2n) is 3.73. The Bertz CT molecular complexity index is 503. The summed E-state index contributed by atoms with van der Waals surface area (Å²) in [6.07, 6.45) is 0.583. The zero-order chi connectivity index (χ0) is 11.8. The number of methoxy groups -OCH3 is 1. The van der Waals surface area contributed by atoms with Crippen molar-refractivity contribution < 1.29 is 13.2 Å². The molecular weight excluding hydrogens is 252 g/mol. The highest BCUT2D eigenvalue weighted by atomic mass is 35.5. The van der Waals surface area contributed by atoms with Crippen LogP contribution in [0.3, 0.4) is 0 Å². The van der Waals surface area contributed by atoms with Crippen LogP contribution in [0.25, 0.3) is 0 Å². The van der Waals surface area contributed by atoms with Crippen LogP contribution < -0.4 is 4.74 Å². The van der Waals surface area contributed by atoms with Gasteiger partial charge in [0, 0.05) is 5.92 Å². The first-order valence-corrected chi connectivity index (χ1v) is 6.99. The monoisotopic (exact) mass is 262 g/mol. The summed E-state index contributed by atoms with van der Waals surface area (Å²) in [7, 11) is -1.46. The molecule has 1 aliphatic rings. The third kappa shape index (κ3) is 2.27. The lowest BCUT2D eigenvalue weighted by Gasteiger charge is -2.07. The number of hydrogen-bond acceptors (Lipinski definition) is 5. The molecular formula is C9H11ClN2O3S. The molecule has 88 valence electrons. The maximum Gasteiger partial charge on any atom is 0.252 e. The van der Waals surface area contributed by atoms with Crippen molar-refractivity contribution >= 4 is 21.4 Å². The van der Waals surface area contributed by atoms with Gasteiger partial charge < -0.3 is 4.74 Å². The zero-order valence-corrected chi connectivity index (χ0v) is 10.3. The van der Waals surface area contributed by atoms with Crippen LogP contribution >= 0.6 is 11.6 Å². The van der Waals surface area contributed by atoms with E-state index in [0.29, 0.717) is 17.1 Å². The largest absolute Gasteiger partial charge is 0.479 e. The van der Waals surface area contributed by atoms with Gasteiger partial charge in [0.1, 0.15) is 5.02 Å². The van der Waals surface area contributed by atoms with Crippen molar-refractivity contribution in [1.29, 1.82) is 0 Å². The van der Waals surface area contributed by atoms with Gasteiger partial charge in [-0.1, -0.05) is 11.6 Å². The van der Waals surface area contributed by atoms with Crippen molar-refractivity contribution in [3.63, 3.8) is 0 Å². The summed E-state index contributed by atoms with van der Waals surface area (Å²) in [6, 6.07) is 1.62. The fourth-order valence-electron chi connectivity index (χ4n) is 1.74. The number of rotatable bonds is 2. The summed E-state index contributed by atoms with van der Waals surface area (Å²) in [5, 5.41) is 8.08. The third-order valence-corrected chi connectivity index (χ3v) is 4.62. The highest BCUT2D eigenvalue weighted by Crippen LogP contribution is 2.30. The summed E-state index contributed by atoms with van der Waals surface area (Å²) in [6.45, 7) is 0. The van der Waals surface area contributed by atoms with E-state index >= 15 is 0 Å². The molecule has 0 bridgehead atoms. The van der Waals surface area contributed by atoms with Crippen LogP contribution in [0.5, 0.6) is 5.88 Å². The Morgan fingerprint density at radius 3 is 2.75 bits per heavy atom. The lowest BCUT2D eigenvalue weighted by molar-refractivity contribution is 0.391. The smallest absolute Gasteiger partial charge is 0.252 e. The van der Waals surface area contributed by atoms with Gasteiger partial charge in [-0.25, -0.2) is 8.42 Å². The maximum absolute atomic E-state index is 11.3.